The monoisotopic (exact) mass is 700 g/mol. The van der Waals surface area contributed by atoms with Crippen LogP contribution in [-0.4, -0.2) is 4.98 Å². The van der Waals surface area contributed by atoms with Gasteiger partial charge in [-0.3, -0.25) is 4.90 Å². The smallest absolute Gasteiger partial charge is 0.181 e. The van der Waals surface area contributed by atoms with Crippen LogP contribution in [0.4, 0.5) is 17.2 Å². The first-order valence-corrected chi connectivity index (χ1v) is 18.9. The predicted octanol–water partition coefficient (Wildman–Crippen LogP) is 13.6. The Bertz CT molecular complexity index is 3090. The van der Waals surface area contributed by atoms with E-state index in [1.54, 1.807) is 0 Å². The van der Waals surface area contributed by atoms with E-state index in [1.165, 1.54) is 50.1 Å². The van der Waals surface area contributed by atoms with Gasteiger partial charge in [-0.05, 0) is 97.4 Å². The molecule has 0 fully saturated rings. The molecule has 2 aromatic heterocycles. The van der Waals surface area contributed by atoms with Crippen LogP contribution in [0.25, 0.3) is 66.1 Å². The van der Waals surface area contributed by atoms with Crippen molar-refractivity contribution in [2.75, 3.05) is 4.90 Å². The third kappa shape index (κ3) is 4.12. The fraction of sp³-hybridized carbons (Fsp3) is 0.0192. The number of nitrogens with zero attached hydrogens (tertiary/aromatic N) is 2. The molecule has 3 heteroatoms. The number of benzene rings is 8. The average Bonchev–Trinajstić information content (AvgIpc) is 3.89. The molecule has 1 spiro atoms. The maximum Gasteiger partial charge on any atom is 0.181 e. The second-order valence-corrected chi connectivity index (χ2v) is 14.6. The quantitative estimate of drug-likeness (QED) is 0.183. The molecule has 256 valence electrons. The number of anilines is 3. The van der Waals surface area contributed by atoms with Crippen molar-refractivity contribution in [2.24, 2.45) is 0 Å². The highest BCUT2D eigenvalue weighted by molar-refractivity contribution is 6.17. The Morgan fingerprint density at radius 3 is 1.67 bits per heavy atom. The molecular weight excluding hydrogens is 669 g/mol. The molecule has 0 radical (unpaired) electrons. The summed E-state index contributed by atoms with van der Waals surface area (Å²) in [4.78, 5) is 7.43. The van der Waals surface area contributed by atoms with E-state index >= 15 is 0 Å². The molecule has 3 nitrogen and oxygen atoms in total. The van der Waals surface area contributed by atoms with Crippen LogP contribution in [0.3, 0.4) is 0 Å². The SMILES string of the molecule is c1ccc(-c2ccc(N(c3ccc4c(c3)C3(c5ccccc5-c5ccccc53)c3ccccc3-4)c3nccc4c3oc3c5ccccc5ccc43)cc2)cc1. The van der Waals surface area contributed by atoms with E-state index in [2.05, 4.69) is 193 Å². The van der Waals surface area contributed by atoms with E-state index in [0.717, 1.165) is 55.5 Å². The molecular formula is C52H32N2O. The first kappa shape index (κ1) is 30.3. The van der Waals surface area contributed by atoms with Gasteiger partial charge in [0.25, 0.3) is 0 Å². The topological polar surface area (TPSA) is 29.3 Å². The summed E-state index contributed by atoms with van der Waals surface area (Å²) in [6.45, 7) is 0. The number of furan rings is 1. The zero-order valence-corrected chi connectivity index (χ0v) is 29.8. The maximum absolute atomic E-state index is 6.94. The minimum Gasteiger partial charge on any atom is -0.451 e. The van der Waals surface area contributed by atoms with Crippen LogP contribution in [0.5, 0.6) is 0 Å². The number of fused-ring (bicyclic) bond motifs is 15. The molecule has 12 rings (SSSR count). The van der Waals surface area contributed by atoms with Gasteiger partial charge in [-0.1, -0.05) is 152 Å². The number of rotatable bonds is 4. The largest absolute Gasteiger partial charge is 0.451 e. The van der Waals surface area contributed by atoms with Crippen molar-refractivity contribution in [1.82, 2.24) is 4.98 Å². The van der Waals surface area contributed by atoms with Crippen LogP contribution >= 0.6 is 0 Å². The number of aromatic nitrogens is 1. The van der Waals surface area contributed by atoms with Crippen molar-refractivity contribution in [1.29, 1.82) is 0 Å². The van der Waals surface area contributed by atoms with Gasteiger partial charge >= 0.3 is 0 Å². The van der Waals surface area contributed by atoms with E-state index < -0.39 is 5.41 Å². The molecule has 0 saturated carbocycles. The minimum absolute atomic E-state index is 0.463. The summed E-state index contributed by atoms with van der Waals surface area (Å²) in [6, 6.07) is 68.1. The lowest BCUT2D eigenvalue weighted by atomic mass is 9.70. The number of pyridine rings is 1. The van der Waals surface area contributed by atoms with Crippen molar-refractivity contribution in [3.05, 3.63) is 217 Å². The maximum atomic E-state index is 6.94. The molecule has 0 unspecified atom stereocenters. The first-order chi connectivity index (χ1) is 27.3. The number of hydrogen-bond acceptors (Lipinski definition) is 3. The van der Waals surface area contributed by atoms with Gasteiger partial charge in [0, 0.05) is 33.7 Å². The second kappa shape index (κ2) is 11.4. The van der Waals surface area contributed by atoms with Crippen LogP contribution < -0.4 is 4.90 Å². The highest BCUT2D eigenvalue weighted by atomic mass is 16.3. The van der Waals surface area contributed by atoms with Crippen LogP contribution in [0, 0.1) is 0 Å². The zero-order valence-electron chi connectivity index (χ0n) is 29.8. The van der Waals surface area contributed by atoms with Crippen molar-refractivity contribution in [3.8, 4) is 33.4 Å². The Morgan fingerprint density at radius 1 is 0.400 bits per heavy atom. The first-order valence-electron chi connectivity index (χ1n) is 18.9. The Morgan fingerprint density at radius 2 is 0.964 bits per heavy atom. The lowest BCUT2D eigenvalue weighted by molar-refractivity contribution is 0.670. The summed E-state index contributed by atoms with van der Waals surface area (Å²) >= 11 is 0. The van der Waals surface area contributed by atoms with E-state index in [0.29, 0.717) is 0 Å². The van der Waals surface area contributed by atoms with Gasteiger partial charge in [0.1, 0.15) is 5.58 Å². The Balaban J connectivity index is 1.14. The van der Waals surface area contributed by atoms with Gasteiger partial charge in [-0.2, -0.15) is 0 Å². The Hall–Kier alpha value is -7.23. The number of hydrogen-bond donors (Lipinski definition) is 0. The third-order valence-corrected chi connectivity index (χ3v) is 11.9. The molecule has 2 aliphatic carbocycles. The Kier molecular flexibility index (Phi) is 6.26. The summed E-state index contributed by atoms with van der Waals surface area (Å²) in [5.41, 5.74) is 15.9. The summed E-state index contributed by atoms with van der Waals surface area (Å²) < 4.78 is 6.94. The molecule has 2 heterocycles. The van der Waals surface area contributed by atoms with Crippen LogP contribution in [0.1, 0.15) is 22.3 Å². The van der Waals surface area contributed by atoms with Crippen LogP contribution in [0.2, 0.25) is 0 Å². The summed E-state index contributed by atoms with van der Waals surface area (Å²) in [6.07, 6.45) is 1.92. The molecule has 0 aliphatic heterocycles. The van der Waals surface area contributed by atoms with E-state index in [4.69, 9.17) is 9.40 Å². The highest BCUT2D eigenvalue weighted by Gasteiger charge is 2.51. The molecule has 10 aromatic rings. The summed E-state index contributed by atoms with van der Waals surface area (Å²) in [5, 5.41) is 4.37. The molecule has 2 aliphatic rings. The van der Waals surface area contributed by atoms with Crippen molar-refractivity contribution in [2.45, 2.75) is 5.41 Å². The standard InChI is InChI=1S/C52H32N2O/c1-2-12-33(13-3-1)34-22-25-36(26-23-34)54(51-50-44(30-31-53-51)43-28-24-35-14-4-5-15-38(35)49(43)55-50)37-27-29-42-41-18-8-11-21-47(41)52(48(42)32-37)45-19-9-6-16-39(45)40-17-7-10-20-46(40)52/h1-32H. The van der Waals surface area contributed by atoms with Gasteiger partial charge in [-0.25, -0.2) is 4.98 Å². The summed E-state index contributed by atoms with van der Waals surface area (Å²) in [7, 11) is 0. The zero-order chi connectivity index (χ0) is 36.1. The van der Waals surface area contributed by atoms with Gasteiger partial charge in [0.2, 0.25) is 0 Å². The fourth-order valence-corrected chi connectivity index (χ4v) is 9.63. The minimum atomic E-state index is -0.463. The van der Waals surface area contributed by atoms with Crippen LogP contribution in [0.15, 0.2) is 199 Å². The average molecular weight is 701 g/mol. The van der Waals surface area contributed by atoms with Gasteiger partial charge in [0.05, 0.1) is 5.41 Å². The molecule has 0 N–H and O–H groups in total. The summed E-state index contributed by atoms with van der Waals surface area (Å²) in [5.74, 6) is 0.752. The lowest BCUT2D eigenvalue weighted by Gasteiger charge is -2.32. The van der Waals surface area contributed by atoms with Crippen molar-refractivity contribution >= 4 is 49.9 Å². The van der Waals surface area contributed by atoms with E-state index in [9.17, 15) is 0 Å². The highest BCUT2D eigenvalue weighted by Crippen LogP contribution is 2.63. The van der Waals surface area contributed by atoms with Gasteiger partial charge in [-0.15, -0.1) is 0 Å². The normalized spacial score (nSPS) is 13.2. The molecule has 0 bridgehead atoms. The molecule has 0 amide bonds. The molecule has 0 atom stereocenters. The van der Waals surface area contributed by atoms with E-state index in [1.807, 2.05) is 6.20 Å². The van der Waals surface area contributed by atoms with Gasteiger partial charge in [0.15, 0.2) is 11.4 Å². The lowest BCUT2D eigenvalue weighted by Crippen LogP contribution is -2.26. The van der Waals surface area contributed by atoms with Crippen molar-refractivity contribution < 1.29 is 4.42 Å². The van der Waals surface area contributed by atoms with Crippen molar-refractivity contribution in [3.63, 3.8) is 0 Å². The van der Waals surface area contributed by atoms with Crippen LogP contribution in [-0.2, 0) is 5.41 Å². The second-order valence-electron chi connectivity index (χ2n) is 14.6. The third-order valence-electron chi connectivity index (χ3n) is 11.9. The molecule has 8 aromatic carbocycles. The molecule has 0 saturated heterocycles. The predicted molar refractivity (Wildman–Crippen MR) is 225 cm³/mol. The Labute approximate surface area is 318 Å². The molecule has 55 heavy (non-hydrogen) atoms. The fourth-order valence-electron chi connectivity index (χ4n) is 9.63. The van der Waals surface area contributed by atoms with Gasteiger partial charge < -0.3 is 4.42 Å². The van der Waals surface area contributed by atoms with E-state index in [-0.39, 0.29) is 0 Å².